The van der Waals surface area contributed by atoms with Crippen molar-refractivity contribution < 1.29 is 4.79 Å². The minimum atomic E-state index is -0.0827. The fraction of sp³-hybridized carbons (Fsp3) is 0.167. The fourth-order valence-corrected chi connectivity index (χ4v) is 1.94. The Morgan fingerprint density at radius 2 is 2.12 bits per heavy atom. The van der Waals surface area contributed by atoms with Crippen molar-refractivity contribution in [3.63, 3.8) is 0 Å². The first kappa shape index (κ1) is 11.6. The van der Waals surface area contributed by atoms with Crippen LogP contribution >= 0.6 is 11.3 Å². The summed E-state index contributed by atoms with van der Waals surface area (Å²) in [6.45, 7) is 0.468. The highest BCUT2D eigenvalue weighted by atomic mass is 32.1. The minimum absolute atomic E-state index is 0.0827. The van der Waals surface area contributed by atoms with Gasteiger partial charge in [0.15, 0.2) is 0 Å². The lowest BCUT2D eigenvalue weighted by atomic mass is 10.2. The van der Waals surface area contributed by atoms with Crippen LogP contribution in [0.2, 0.25) is 0 Å². The van der Waals surface area contributed by atoms with E-state index in [1.807, 2.05) is 24.6 Å². The van der Waals surface area contributed by atoms with Gasteiger partial charge in [0.05, 0.1) is 17.7 Å². The van der Waals surface area contributed by atoms with Gasteiger partial charge in [-0.15, -0.1) is 11.3 Å². The first-order valence-corrected chi connectivity index (χ1v) is 6.17. The maximum atomic E-state index is 11.8. The van der Waals surface area contributed by atoms with Gasteiger partial charge in [0, 0.05) is 23.7 Å². The number of rotatable bonds is 4. The van der Waals surface area contributed by atoms with Crippen molar-refractivity contribution in [1.82, 2.24) is 10.3 Å². The number of carbonyl (C=O) groups is 1. The van der Waals surface area contributed by atoms with Gasteiger partial charge in [-0.3, -0.25) is 4.79 Å². The van der Waals surface area contributed by atoms with E-state index in [0.717, 1.165) is 11.4 Å². The molecule has 0 radical (unpaired) electrons. The van der Waals surface area contributed by atoms with Crippen LogP contribution in [0.15, 0.2) is 35.2 Å². The summed E-state index contributed by atoms with van der Waals surface area (Å²) in [7, 11) is 1.84. The molecule has 0 aliphatic rings. The Balaban J connectivity index is 1.95. The number of benzene rings is 1. The molecule has 0 saturated heterocycles. The highest BCUT2D eigenvalue weighted by Crippen LogP contribution is 2.08. The average molecular weight is 247 g/mol. The van der Waals surface area contributed by atoms with Crippen molar-refractivity contribution in [2.24, 2.45) is 0 Å². The zero-order chi connectivity index (χ0) is 12.1. The summed E-state index contributed by atoms with van der Waals surface area (Å²) in [4.78, 5) is 15.9. The summed E-state index contributed by atoms with van der Waals surface area (Å²) < 4.78 is 0. The predicted octanol–water partition coefficient (Wildman–Crippen LogP) is 2.11. The van der Waals surface area contributed by atoms with Crippen LogP contribution in [0.5, 0.6) is 0 Å². The topological polar surface area (TPSA) is 54.0 Å². The number of nitrogens with one attached hydrogen (secondary N) is 2. The third-order valence-electron chi connectivity index (χ3n) is 2.35. The van der Waals surface area contributed by atoms with E-state index in [0.29, 0.717) is 12.1 Å². The number of aromatic nitrogens is 1. The molecule has 1 heterocycles. The van der Waals surface area contributed by atoms with Crippen LogP contribution in [0, 0.1) is 0 Å². The molecular formula is C12H13N3OS. The van der Waals surface area contributed by atoms with Gasteiger partial charge in [0.25, 0.3) is 5.91 Å². The second kappa shape index (κ2) is 5.45. The van der Waals surface area contributed by atoms with Gasteiger partial charge in [-0.25, -0.2) is 4.98 Å². The Morgan fingerprint density at radius 3 is 2.71 bits per heavy atom. The van der Waals surface area contributed by atoms with Crippen LogP contribution < -0.4 is 10.6 Å². The molecule has 88 valence electrons. The number of nitrogens with zero attached hydrogens (tertiary/aromatic N) is 1. The lowest BCUT2D eigenvalue weighted by Gasteiger charge is -2.04. The number of hydrogen-bond acceptors (Lipinski definition) is 4. The van der Waals surface area contributed by atoms with E-state index in [1.165, 1.54) is 11.3 Å². The van der Waals surface area contributed by atoms with Gasteiger partial charge in [-0.05, 0) is 24.3 Å². The van der Waals surface area contributed by atoms with Crippen molar-refractivity contribution in [3.8, 4) is 0 Å². The summed E-state index contributed by atoms with van der Waals surface area (Å²) in [5.41, 5.74) is 4.28. The second-order valence-electron chi connectivity index (χ2n) is 3.49. The lowest BCUT2D eigenvalue weighted by Crippen LogP contribution is -2.22. The quantitative estimate of drug-likeness (QED) is 0.870. The van der Waals surface area contributed by atoms with E-state index in [2.05, 4.69) is 15.6 Å². The number of amides is 1. The van der Waals surface area contributed by atoms with Gasteiger partial charge >= 0.3 is 0 Å². The van der Waals surface area contributed by atoms with Crippen molar-refractivity contribution in [2.45, 2.75) is 6.54 Å². The molecule has 0 fully saturated rings. The smallest absolute Gasteiger partial charge is 0.251 e. The van der Waals surface area contributed by atoms with Crippen molar-refractivity contribution in [3.05, 3.63) is 46.4 Å². The van der Waals surface area contributed by atoms with Crippen molar-refractivity contribution in [1.29, 1.82) is 0 Å². The molecule has 2 N–H and O–H groups in total. The number of hydrogen-bond donors (Lipinski definition) is 2. The molecule has 17 heavy (non-hydrogen) atoms. The molecule has 0 aliphatic heterocycles. The first-order valence-electron chi connectivity index (χ1n) is 5.22. The van der Waals surface area contributed by atoms with Gasteiger partial charge < -0.3 is 10.6 Å². The van der Waals surface area contributed by atoms with Crippen LogP contribution in [0.25, 0.3) is 0 Å². The molecular weight excluding hydrogens is 234 g/mol. The van der Waals surface area contributed by atoms with Crippen LogP contribution in [0.3, 0.4) is 0 Å². The van der Waals surface area contributed by atoms with Crippen molar-refractivity contribution in [2.75, 3.05) is 12.4 Å². The molecule has 1 amide bonds. The van der Waals surface area contributed by atoms with E-state index in [4.69, 9.17) is 0 Å². The number of thiazole rings is 1. The number of anilines is 1. The predicted molar refractivity (Wildman–Crippen MR) is 69.3 cm³/mol. The van der Waals surface area contributed by atoms with Crippen LogP contribution in [0.4, 0.5) is 5.69 Å². The maximum Gasteiger partial charge on any atom is 0.251 e. The molecule has 4 nitrogen and oxygen atoms in total. The molecule has 0 bridgehead atoms. The van der Waals surface area contributed by atoms with Gasteiger partial charge in [0.1, 0.15) is 0 Å². The third kappa shape index (κ3) is 3.04. The summed E-state index contributed by atoms with van der Waals surface area (Å²) >= 11 is 1.52. The zero-order valence-corrected chi connectivity index (χ0v) is 10.3. The van der Waals surface area contributed by atoms with Gasteiger partial charge in [0.2, 0.25) is 0 Å². The average Bonchev–Trinajstić information content (AvgIpc) is 2.89. The molecule has 2 aromatic rings. The Morgan fingerprint density at radius 1 is 1.35 bits per heavy atom. The second-order valence-corrected chi connectivity index (χ2v) is 4.21. The minimum Gasteiger partial charge on any atom is -0.388 e. The van der Waals surface area contributed by atoms with E-state index < -0.39 is 0 Å². The van der Waals surface area contributed by atoms with Gasteiger partial charge in [-0.1, -0.05) is 0 Å². The summed E-state index contributed by atoms with van der Waals surface area (Å²) in [6, 6.07) is 7.33. The Kier molecular flexibility index (Phi) is 3.72. The zero-order valence-electron chi connectivity index (χ0n) is 9.43. The Labute approximate surface area is 104 Å². The van der Waals surface area contributed by atoms with Crippen LogP contribution in [0.1, 0.15) is 16.1 Å². The third-order valence-corrected chi connectivity index (χ3v) is 2.98. The summed E-state index contributed by atoms with van der Waals surface area (Å²) in [5.74, 6) is -0.0827. The van der Waals surface area contributed by atoms with Gasteiger partial charge in [-0.2, -0.15) is 0 Å². The Hall–Kier alpha value is -1.88. The standard InChI is InChI=1S/C12H13N3OS/c1-13-10-4-2-9(3-5-10)12(16)14-6-11-7-17-8-15-11/h2-5,7-8,13H,6H2,1H3,(H,14,16). The highest BCUT2D eigenvalue weighted by molar-refractivity contribution is 7.07. The van der Waals surface area contributed by atoms with E-state index in [-0.39, 0.29) is 5.91 Å². The van der Waals surface area contributed by atoms with E-state index in [9.17, 15) is 4.79 Å². The van der Waals surface area contributed by atoms with Crippen LogP contribution in [-0.2, 0) is 6.54 Å². The van der Waals surface area contributed by atoms with E-state index in [1.54, 1.807) is 17.6 Å². The lowest BCUT2D eigenvalue weighted by molar-refractivity contribution is 0.0950. The molecule has 5 heteroatoms. The SMILES string of the molecule is CNc1ccc(C(=O)NCc2cscn2)cc1. The first-order chi connectivity index (χ1) is 8.29. The molecule has 1 aromatic carbocycles. The molecule has 0 spiro atoms. The van der Waals surface area contributed by atoms with E-state index >= 15 is 0 Å². The summed E-state index contributed by atoms with van der Waals surface area (Å²) in [6.07, 6.45) is 0. The van der Waals surface area contributed by atoms with Crippen molar-refractivity contribution >= 4 is 22.9 Å². The molecule has 0 unspecified atom stereocenters. The number of carbonyl (C=O) groups excluding carboxylic acids is 1. The molecule has 0 saturated carbocycles. The fourth-order valence-electron chi connectivity index (χ4n) is 1.39. The monoisotopic (exact) mass is 247 g/mol. The molecule has 1 aromatic heterocycles. The molecule has 0 aliphatic carbocycles. The largest absolute Gasteiger partial charge is 0.388 e. The molecule has 2 rings (SSSR count). The van der Waals surface area contributed by atoms with Crippen LogP contribution in [-0.4, -0.2) is 17.9 Å². The highest BCUT2D eigenvalue weighted by Gasteiger charge is 2.05. The molecule has 0 atom stereocenters. The summed E-state index contributed by atoms with van der Waals surface area (Å²) in [5, 5.41) is 7.75. The maximum absolute atomic E-state index is 11.8. The normalized spacial score (nSPS) is 9.94. The Bertz CT molecular complexity index is 479.